The molecule has 0 aromatic carbocycles. The van der Waals surface area contributed by atoms with Crippen LogP contribution in [0.3, 0.4) is 0 Å². The highest BCUT2D eigenvalue weighted by molar-refractivity contribution is 9.11. The summed E-state index contributed by atoms with van der Waals surface area (Å²) in [6, 6.07) is 0. The predicted molar refractivity (Wildman–Crippen MR) is 47.7 cm³/mol. The first-order chi connectivity index (χ1) is 5.59. The third-order valence-electron chi connectivity index (χ3n) is 1.14. The van der Waals surface area contributed by atoms with Gasteiger partial charge in [-0.05, 0) is 31.9 Å². The molecule has 0 aliphatic rings. The molecule has 0 aliphatic carbocycles. The highest BCUT2D eigenvalue weighted by atomic mass is 79.9. The molecule has 0 radical (unpaired) electrons. The molecular formula is C5H5Br2N3O2. The SMILES string of the molecule is O=C(O)CCn1nc(Br)nc1Br. The summed E-state index contributed by atoms with van der Waals surface area (Å²) in [6.45, 7) is 0.314. The van der Waals surface area contributed by atoms with Gasteiger partial charge in [0.1, 0.15) is 0 Å². The van der Waals surface area contributed by atoms with Crippen LogP contribution >= 0.6 is 31.9 Å². The van der Waals surface area contributed by atoms with Crippen LogP contribution in [-0.2, 0) is 11.3 Å². The number of aryl methyl sites for hydroxylation is 1. The van der Waals surface area contributed by atoms with Gasteiger partial charge in [-0.15, -0.1) is 5.10 Å². The van der Waals surface area contributed by atoms with Gasteiger partial charge in [0.15, 0.2) is 4.73 Å². The molecule has 1 heterocycles. The lowest BCUT2D eigenvalue weighted by Gasteiger charge is -1.96. The van der Waals surface area contributed by atoms with E-state index in [2.05, 4.69) is 41.9 Å². The summed E-state index contributed by atoms with van der Waals surface area (Å²) >= 11 is 6.20. The van der Waals surface area contributed by atoms with Gasteiger partial charge in [-0.25, -0.2) is 4.68 Å². The number of aliphatic carboxylic acids is 1. The van der Waals surface area contributed by atoms with Crippen molar-refractivity contribution < 1.29 is 9.90 Å². The van der Waals surface area contributed by atoms with Crippen molar-refractivity contribution in [1.29, 1.82) is 0 Å². The van der Waals surface area contributed by atoms with Gasteiger partial charge in [0.25, 0.3) is 0 Å². The molecule has 0 amide bonds. The minimum atomic E-state index is -0.853. The lowest BCUT2D eigenvalue weighted by Crippen LogP contribution is -2.06. The molecule has 1 aromatic heterocycles. The van der Waals surface area contributed by atoms with Crippen molar-refractivity contribution in [2.24, 2.45) is 0 Å². The molecule has 0 saturated heterocycles. The molecule has 12 heavy (non-hydrogen) atoms. The Kier molecular flexibility index (Phi) is 3.21. The van der Waals surface area contributed by atoms with Crippen LogP contribution in [-0.4, -0.2) is 25.8 Å². The normalized spacial score (nSPS) is 10.2. The van der Waals surface area contributed by atoms with Gasteiger partial charge in [0.05, 0.1) is 13.0 Å². The Balaban J connectivity index is 2.62. The minimum absolute atomic E-state index is 0.0361. The first kappa shape index (κ1) is 9.66. The second-order valence-electron chi connectivity index (χ2n) is 2.02. The van der Waals surface area contributed by atoms with Crippen molar-refractivity contribution in [2.45, 2.75) is 13.0 Å². The summed E-state index contributed by atoms with van der Waals surface area (Å²) in [6.07, 6.45) is 0.0361. The standard InChI is InChI=1S/C5H5Br2N3O2/c6-4-8-5(7)10(9-4)2-1-3(11)12/h1-2H2,(H,11,12). The largest absolute Gasteiger partial charge is 0.481 e. The molecule has 0 aliphatic heterocycles. The zero-order chi connectivity index (χ0) is 9.14. The minimum Gasteiger partial charge on any atom is -0.481 e. The van der Waals surface area contributed by atoms with Crippen LogP contribution in [0.1, 0.15) is 6.42 Å². The zero-order valence-corrected chi connectivity index (χ0v) is 9.04. The topological polar surface area (TPSA) is 68.0 Å². The van der Waals surface area contributed by atoms with Gasteiger partial charge in [0, 0.05) is 0 Å². The summed E-state index contributed by atoms with van der Waals surface area (Å²) in [5.74, 6) is -0.853. The van der Waals surface area contributed by atoms with E-state index in [1.165, 1.54) is 4.68 Å². The Morgan fingerprint density at radius 1 is 1.58 bits per heavy atom. The molecule has 0 bridgehead atoms. The van der Waals surface area contributed by atoms with E-state index in [4.69, 9.17) is 5.11 Å². The first-order valence-electron chi connectivity index (χ1n) is 3.07. The molecule has 1 N–H and O–H groups in total. The van der Waals surface area contributed by atoms with Crippen LogP contribution in [0.15, 0.2) is 9.47 Å². The summed E-state index contributed by atoms with van der Waals surface area (Å²) in [5, 5.41) is 12.3. The van der Waals surface area contributed by atoms with Gasteiger partial charge in [0.2, 0.25) is 4.73 Å². The molecule has 0 unspecified atom stereocenters. The van der Waals surface area contributed by atoms with Crippen LogP contribution in [0.5, 0.6) is 0 Å². The quantitative estimate of drug-likeness (QED) is 0.913. The second-order valence-corrected chi connectivity index (χ2v) is 3.44. The predicted octanol–water partition coefficient (Wildman–Crippen LogP) is 1.28. The Hall–Kier alpha value is -0.430. The van der Waals surface area contributed by atoms with Gasteiger partial charge in [-0.1, -0.05) is 0 Å². The molecule has 0 atom stereocenters. The van der Waals surface area contributed by atoms with Crippen molar-refractivity contribution >= 4 is 37.8 Å². The molecule has 0 fully saturated rings. The second kappa shape index (κ2) is 3.99. The van der Waals surface area contributed by atoms with Gasteiger partial charge in [-0.2, -0.15) is 4.98 Å². The highest BCUT2D eigenvalue weighted by Gasteiger charge is 2.05. The molecule has 5 nitrogen and oxygen atoms in total. The Morgan fingerprint density at radius 2 is 2.25 bits per heavy atom. The molecular weight excluding hydrogens is 294 g/mol. The first-order valence-corrected chi connectivity index (χ1v) is 4.66. The molecule has 1 aromatic rings. The number of rotatable bonds is 3. The van der Waals surface area contributed by atoms with Crippen molar-refractivity contribution in [3.63, 3.8) is 0 Å². The van der Waals surface area contributed by atoms with Crippen molar-refractivity contribution in [3.05, 3.63) is 9.47 Å². The van der Waals surface area contributed by atoms with E-state index < -0.39 is 5.97 Å². The van der Waals surface area contributed by atoms with Gasteiger partial charge >= 0.3 is 5.97 Å². The Morgan fingerprint density at radius 3 is 2.67 bits per heavy atom. The maximum atomic E-state index is 10.2. The summed E-state index contributed by atoms with van der Waals surface area (Å²) < 4.78 is 2.44. The number of aromatic nitrogens is 3. The number of carboxylic acid groups (broad SMARTS) is 1. The van der Waals surface area contributed by atoms with E-state index in [1.807, 2.05) is 0 Å². The van der Waals surface area contributed by atoms with Crippen molar-refractivity contribution in [2.75, 3.05) is 0 Å². The number of hydrogen-bond acceptors (Lipinski definition) is 3. The van der Waals surface area contributed by atoms with E-state index in [1.54, 1.807) is 0 Å². The van der Waals surface area contributed by atoms with Gasteiger partial charge < -0.3 is 5.11 Å². The average Bonchev–Trinajstić information content (AvgIpc) is 2.26. The van der Waals surface area contributed by atoms with Crippen LogP contribution in [0.2, 0.25) is 0 Å². The lowest BCUT2D eigenvalue weighted by molar-refractivity contribution is -0.137. The number of carbonyl (C=O) groups is 1. The number of carboxylic acids is 1. The third kappa shape index (κ3) is 2.56. The molecule has 0 saturated carbocycles. The van der Waals surface area contributed by atoms with Crippen LogP contribution < -0.4 is 0 Å². The maximum Gasteiger partial charge on any atom is 0.305 e. The number of hydrogen-bond donors (Lipinski definition) is 1. The van der Waals surface area contributed by atoms with E-state index >= 15 is 0 Å². The molecule has 1 rings (SSSR count). The smallest absolute Gasteiger partial charge is 0.305 e. The summed E-state index contributed by atoms with van der Waals surface area (Å²) in [5.41, 5.74) is 0. The fourth-order valence-electron chi connectivity index (χ4n) is 0.641. The number of nitrogens with zero attached hydrogens (tertiary/aromatic N) is 3. The average molecular weight is 299 g/mol. The highest BCUT2D eigenvalue weighted by Crippen LogP contribution is 2.11. The molecule has 0 spiro atoms. The molecule has 66 valence electrons. The Labute approximate surface area is 85.0 Å². The van der Waals surface area contributed by atoms with E-state index in [9.17, 15) is 4.79 Å². The van der Waals surface area contributed by atoms with Crippen LogP contribution in [0.4, 0.5) is 0 Å². The van der Waals surface area contributed by atoms with E-state index in [0.29, 0.717) is 16.0 Å². The van der Waals surface area contributed by atoms with Crippen molar-refractivity contribution in [3.8, 4) is 0 Å². The monoisotopic (exact) mass is 297 g/mol. The summed E-state index contributed by atoms with van der Waals surface area (Å²) in [4.78, 5) is 14.1. The lowest BCUT2D eigenvalue weighted by atomic mass is 10.4. The fourth-order valence-corrected chi connectivity index (χ4v) is 1.66. The van der Waals surface area contributed by atoms with E-state index in [0.717, 1.165) is 0 Å². The summed E-state index contributed by atoms with van der Waals surface area (Å²) in [7, 11) is 0. The number of halogens is 2. The van der Waals surface area contributed by atoms with Crippen molar-refractivity contribution in [1.82, 2.24) is 14.8 Å². The third-order valence-corrected chi connectivity index (χ3v) is 2.06. The van der Waals surface area contributed by atoms with Gasteiger partial charge in [-0.3, -0.25) is 4.79 Å². The van der Waals surface area contributed by atoms with Crippen LogP contribution in [0, 0.1) is 0 Å². The zero-order valence-electron chi connectivity index (χ0n) is 5.87. The fraction of sp³-hybridized carbons (Fsp3) is 0.400. The molecule has 7 heteroatoms. The van der Waals surface area contributed by atoms with E-state index in [-0.39, 0.29) is 6.42 Å². The Bertz CT molecular complexity index is 299. The maximum absolute atomic E-state index is 10.2. The van der Waals surface area contributed by atoms with Crippen LogP contribution in [0.25, 0.3) is 0 Å².